The summed E-state index contributed by atoms with van der Waals surface area (Å²) in [6, 6.07) is 25.5. The summed E-state index contributed by atoms with van der Waals surface area (Å²) >= 11 is 1.40. The molecule has 0 bridgehead atoms. The van der Waals surface area contributed by atoms with Crippen molar-refractivity contribution in [3.8, 4) is 34.2 Å². The van der Waals surface area contributed by atoms with Gasteiger partial charge in [0.1, 0.15) is 22.7 Å². The average molecular weight is 495 g/mol. The topological polar surface area (TPSA) is 87.9 Å². The fraction of sp³-hybridized carbons (Fsp3) is 0.172. The number of hydrogen-bond acceptors (Lipinski definition) is 6. The maximum Gasteiger partial charge on any atom is 0.226 e. The van der Waals surface area contributed by atoms with E-state index >= 15 is 0 Å². The number of nitriles is 1. The Balaban J connectivity index is 1.62. The Hall–Kier alpha value is -4.15. The third kappa shape index (κ3) is 6.09. The third-order valence-electron chi connectivity index (χ3n) is 5.57. The Bertz CT molecular complexity index is 1410. The molecule has 180 valence electrons. The van der Waals surface area contributed by atoms with Gasteiger partial charge in [0.15, 0.2) is 0 Å². The van der Waals surface area contributed by atoms with Crippen molar-refractivity contribution in [2.45, 2.75) is 25.3 Å². The summed E-state index contributed by atoms with van der Waals surface area (Å²) in [5, 5.41) is 13.5. The maximum absolute atomic E-state index is 12.5. The monoisotopic (exact) mass is 494 g/mol. The fourth-order valence-electron chi connectivity index (χ4n) is 3.66. The van der Waals surface area contributed by atoms with Gasteiger partial charge in [0, 0.05) is 29.0 Å². The highest BCUT2D eigenvalue weighted by Crippen LogP contribution is 2.35. The molecule has 0 aliphatic rings. The summed E-state index contributed by atoms with van der Waals surface area (Å²) in [4.78, 5) is 21.6. The highest BCUT2D eigenvalue weighted by Gasteiger charge is 2.17. The molecular formula is C29H26N4O2S. The molecule has 0 saturated heterocycles. The third-order valence-corrected chi connectivity index (χ3v) is 6.55. The minimum absolute atomic E-state index is 0.135. The molecule has 0 atom stereocenters. The van der Waals surface area contributed by atoms with Crippen molar-refractivity contribution >= 4 is 23.5 Å². The van der Waals surface area contributed by atoms with Crippen molar-refractivity contribution in [1.29, 1.82) is 5.26 Å². The average Bonchev–Trinajstić information content (AvgIpc) is 2.89. The van der Waals surface area contributed by atoms with E-state index in [1.807, 2.05) is 80.6 Å². The number of ether oxygens (including phenoxy) is 1. The van der Waals surface area contributed by atoms with Gasteiger partial charge in [0.05, 0.1) is 18.4 Å². The summed E-state index contributed by atoms with van der Waals surface area (Å²) in [6.07, 6.45) is 0.263. The first-order chi connectivity index (χ1) is 17.5. The standard InChI is InChI=1S/C29H26N4O2S/c1-19-7-9-21(10-8-19)24-17-26(22-11-13-23(35-3)14-12-22)32-29(25(24)18-30)36-16-15-28(34)33-27-6-4-5-20(2)31-27/h4-14,17H,15-16H2,1-3H3,(H,31,33,34). The van der Waals surface area contributed by atoms with E-state index < -0.39 is 0 Å². The van der Waals surface area contributed by atoms with E-state index in [-0.39, 0.29) is 12.3 Å². The lowest BCUT2D eigenvalue weighted by molar-refractivity contribution is -0.115. The molecule has 1 amide bonds. The Morgan fingerprint density at radius 2 is 1.72 bits per heavy atom. The largest absolute Gasteiger partial charge is 0.497 e. The van der Waals surface area contributed by atoms with Crippen LogP contribution in [0.1, 0.15) is 23.2 Å². The van der Waals surface area contributed by atoms with Crippen LogP contribution in [0.5, 0.6) is 5.75 Å². The van der Waals surface area contributed by atoms with Crippen molar-refractivity contribution in [2.75, 3.05) is 18.2 Å². The minimum Gasteiger partial charge on any atom is -0.497 e. The SMILES string of the molecule is COc1ccc(-c2cc(-c3ccc(C)cc3)c(C#N)c(SCCC(=O)Nc3cccc(C)n3)n2)cc1. The Morgan fingerprint density at radius 3 is 2.39 bits per heavy atom. The van der Waals surface area contributed by atoms with Crippen LogP contribution in [0, 0.1) is 25.2 Å². The number of carbonyl (C=O) groups excluding carboxylic acids is 1. The van der Waals surface area contributed by atoms with Gasteiger partial charge in [0.25, 0.3) is 0 Å². The van der Waals surface area contributed by atoms with Crippen LogP contribution >= 0.6 is 11.8 Å². The molecule has 0 radical (unpaired) electrons. The van der Waals surface area contributed by atoms with Gasteiger partial charge in [0.2, 0.25) is 5.91 Å². The molecule has 4 rings (SSSR count). The first kappa shape index (κ1) is 25.0. The molecule has 0 saturated carbocycles. The van der Waals surface area contributed by atoms with E-state index in [9.17, 15) is 10.1 Å². The number of benzene rings is 2. The van der Waals surface area contributed by atoms with Crippen molar-refractivity contribution in [3.05, 3.63) is 89.6 Å². The van der Waals surface area contributed by atoms with E-state index in [0.717, 1.165) is 39.4 Å². The molecule has 1 N–H and O–H groups in total. The predicted molar refractivity (Wildman–Crippen MR) is 144 cm³/mol. The second kappa shape index (κ2) is 11.5. The van der Waals surface area contributed by atoms with Gasteiger partial charge in [-0.3, -0.25) is 4.79 Å². The van der Waals surface area contributed by atoms with Crippen molar-refractivity contribution < 1.29 is 9.53 Å². The van der Waals surface area contributed by atoms with Crippen LogP contribution in [-0.4, -0.2) is 28.7 Å². The van der Waals surface area contributed by atoms with Gasteiger partial charge in [-0.2, -0.15) is 5.26 Å². The van der Waals surface area contributed by atoms with Gasteiger partial charge in [-0.1, -0.05) is 35.9 Å². The number of thioether (sulfide) groups is 1. The van der Waals surface area contributed by atoms with Gasteiger partial charge >= 0.3 is 0 Å². The van der Waals surface area contributed by atoms with Gasteiger partial charge in [-0.05, 0) is 61.9 Å². The molecule has 4 aromatic rings. The molecule has 0 aliphatic carbocycles. The van der Waals surface area contributed by atoms with E-state index in [1.54, 1.807) is 13.2 Å². The van der Waals surface area contributed by atoms with Crippen LogP contribution in [-0.2, 0) is 4.79 Å². The van der Waals surface area contributed by atoms with Crippen LogP contribution in [0.3, 0.4) is 0 Å². The number of aromatic nitrogens is 2. The zero-order valence-electron chi connectivity index (χ0n) is 20.4. The number of methoxy groups -OCH3 is 1. The maximum atomic E-state index is 12.5. The second-order valence-corrected chi connectivity index (χ2v) is 9.34. The molecule has 0 unspecified atom stereocenters. The zero-order chi connectivity index (χ0) is 25.5. The number of anilines is 1. The molecule has 2 aromatic heterocycles. The van der Waals surface area contributed by atoms with Crippen molar-refractivity contribution in [2.24, 2.45) is 0 Å². The fourth-order valence-corrected chi connectivity index (χ4v) is 4.61. The van der Waals surface area contributed by atoms with E-state index in [2.05, 4.69) is 16.4 Å². The lowest BCUT2D eigenvalue weighted by atomic mass is 9.98. The number of nitrogens with one attached hydrogen (secondary N) is 1. The Kier molecular flexibility index (Phi) is 7.99. The van der Waals surface area contributed by atoms with Gasteiger partial charge < -0.3 is 10.1 Å². The van der Waals surface area contributed by atoms with Crippen LogP contribution in [0.15, 0.2) is 77.8 Å². The predicted octanol–water partition coefficient (Wildman–Crippen LogP) is 6.43. The highest BCUT2D eigenvalue weighted by molar-refractivity contribution is 7.99. The number of nitrogens with zero attached hydrogens (tertiary/aromatic N) is 3. The molecule has 6 nitrogen and oxygen atoms in total. The number of aryl methyl sites for hydroxylation is 2. The Labute approximate surface area is 215 Å². The first-order valence-corrected chi connectivity index (χ1v) is 12.5. The number of amides is 1. The number of carbonyl (C=O) groups is 1. The first-order valence-electron chi connectivity index (χ1n) is 11.5. The molecule has 2 heterocycles. The van der Waals surface area contributed by atoms with Crippen LogP contribution in [0.2, 0.25) is 0 Å². The van der Waals surface area contributed by atoms with Crippen LogP contribution < -0.4 is 10.1 Å². The van der Waals surface area contributed by atoms with Crippen molar-refractivity contribution in [1.82, 2.24) is 9.97 Å². The van der Waals surface area contributed by atoms with E-state index in [4.69, 9.17) is 9.72 Å². The summed E-state index contributed by atoms with van der Waals surface area (Å²) in [5.74, 6) is 1.63. The smallest absolute Gasteiger partial charge is 0.226 e. The van der Waals surface area contributed by atoms with Crippen LogP contribution in [0.4, 0.5) is 5.82 Å². The van der Waals surface area contributed by atoms with Crippen LogP contribution in [0.25, 0.3) is 22.4 Å². The molecular weight excluding hydrogens is 468 g/mol. The summed E-state index contributed by atoms with van der Waals surface area (Å²) in [5.41, 5.74) is 5.91. The summed E-state index contributed by atoms with van der Waals surface area (Å²) < 4.78 is 5.28. The molecule has 0 aliphatic heterocycles. The number of rotatable bonds is 8. The Morgan fingerprint density at radius 1 is 1.00 bits per heavy atom. The second-order valence-electron chi connectivity index (χ2n) is 8.25. The lowest BCUT2D eigenvalue weighted by Crippen LogP contribution is -2.13. The highest BCUT2D eigenvalue weighted by atomic mass is 32.2. The molecule has 2 aromatic carbocycles. The lowest BCUT2D eigenvalue weighted by Gasteiger charge is -2.13. The van der Waals surface area contributed by atoms with Gasteiger partial charge in [-0.25, -0.2) is 9.97 Å². The van der Waals surface area contributed by atoms with E-state index in [1.165, 1.54) is 11.8 Å². The van der Waals surface area contributed by atoms with E-state index in [0.29, 0.717) is 22.2 Å². The summed E-state index contributed by atoms with van der Waals surface area (Å²) in [6.45, 7) is 3.91. The molecule has 36 heavy (non-hydrogen) atoms. The molecule has 7 heteroatoms. The normalized spacial score (nSPS) is 10.5. The molecule has 0 spiro atoms. The summed E-state index contributed by atoms with van der Waals surface area (Å²) in [7, 11) is 1.63. The number of hydrogen-bond donors (Lipinski definition) is 1. The number of pyridine rings is 2. The van der Waals surface area contributed by atoms with Crippen molar-refractivity contribution in [3.63, 3.8) is 0 Å². The minimum atomic E-state index is -0.135. The van der Waals surface area contributed by atoms with Gasteiger partial charge in [-0.15, -0.1) is 11.8 Å². The zero-order valence-corrected chi connectivity index (χ0v) is 21.2. The quantitative estimate of drug-likeness (QED) is 0.284. The molecule has 0 fully saturated rings.